The number of nitrogens with zero attached hydrogens (tertiary/aromatic N) is 1. The summed E-state index contributed by atoms with van der Waals surface area (Å²) in [6.07, 6.45) is -0.192. The lowest BCUT2D eigenvalue weighted by molar-refractivity contribution is -0.161. The van der Waals surface area contributed by atoms with Crippen molar-refractivity contribution in [2.45, 2.75) is 59.3 Å². The molecule has 0 fully saturated rings. The lowest BCUT2D eigenvalue weighted by Gasteiger charge is -2.37. The molecule has 1 atom stereocenters. The Labute approximate surface area is 193 Å². The third kappa shape index (κ3) is 5.48. The molecule has 0 saturated heterocycles. The highest BCUT2D eigenvalue weighted by molar-refractivity contribution is 6.22. The van der Waals surface area contributed by atoms with E-state index in [-0.39, 0.29) is 24.2 Å². The first-order chi connectivity index (χ1) is 15.4. The van der Waals surface area contributed by atoms with Crippen LogP contribution in [0, 0.1) is 5.41 Å². The van der Waals surface area contributed by atoms with Gasteiger partial charge in [-0.2, -0.15) is 0 Å². The number of imide groups is 1. The number of carbonyl (C=O) groups is 4. The summed E-state index contributed by atoms with van der Waals surface area (Å²) in [5.74, 6) is -2.48. The highest BCUT2D eigenvalue weighted by atomic mass is 16.6. The molecule has 0 aromatic heterocycles. The molecule has 1 heterocycles. The van der Waals surface area contributed by atoms with Crippen molar-refractivity contribution in [1.29, 1.82) is 0 Å². The number of amides is 2. The molecule has 0 radical (unpaired) electrons. The largest absolute Gasteiger partial charge is 0.460 e. The second kappa shape index (κ2) is 9.17. The molecule has 174 valence electrons. The van der Waals surface area contributed by atoms with Crippen LogP contribution in [-0.4, -0.2) is 40.3 Å². The molecule has 7 heteroatoms. The third-order valence-corrected chi connectivity index (χ3v) is 5.29. The number of carbonyl (C=O) groups excluding carboxylic acids is 4. The van der Waals surface area contributed by atoms with Crippen molar-refractivity contribution in [3.8, 4) is 0 Å². The molecule has 0 bridgehead atoms. The maximum Gasteiger partial charge on any atom is 0.330 e. The summed E-state index contributed by atoms with van der Waals surface area (Å²) in [6, 6.07) is 14.2. The van der Waals surface area contributed by atoms with Crippen molar-refractivity contribution in [2.75, 3.05) is 0 Å². The maximum absolute atomic E-state index is 13.3. The van der Waals surface area contributed by atoms with Crippen molar-refractivity contribution < 1.29 is 28.7 Å². The monoisotopic (exact) mass is 451 g/mol. The number of fused-ring (bicyclic) bond motifs is 1. The Morgan fingerprint density at radius 2 is 1.36 bits per heavy atom. The molecular formula is C26H29NO6. The molecule has 1 unspecified atom stereocenters. The number of benzene rings is 2. The van der Waals surface area contributed by atoms with Crippen LogP contribution in [0.15, 0.2) is 54.6 Å². The predicted octanol–water partition coefficient (Wildman–Crippen LogP) is 4.15. The van der Waals surface area contributed by atoms with Crippen LogP contribution in [0.5, 0.6) is 0 Å². The molecule has 2 amide bonds. The molecule has 0 N–H and O–H groups in total. The Kier molecular flexibility index (Phi) is 6.72. The van der Waals surface area contributed by atoms with Crippen molar-refractivity contribution in [2.24, 2.45) is 5.41 Å². The van der Waals surface area contributed by atoms with Crippen LogP contribution in [0.2, 0.25) is 0 Å². The molecule has 33 heavy (non-hydrogen) atoms. The van der Waals surface area contributed by atoms with E-state index in [1.54, 1.807) is 71.0 Å². The first-order valence-electron chi connectivity index (χ1n) is 10.8. The second-order valence-electron chi connectivity index (χ2n) is 9.77. The van der Waals surface area contributed by atoms with E-state index in [1.807, 2.05) is 18.2 Å². The predicted molar refractivity (Wildman–Crippen MR) is 121 cm³/mol. The Morgan fingerprint density at radius 1 is 0.848 bits per heavy atom. The molecular weight excluding hydrogens is 422 g/mol. The zero-order valence-electron chi connectivity index (χ0n) is 19.6. The van der Waals surface area contributed by atoms with E-state index >= 15 is 0 Å². The van der Waals surface area contributed by atoms with E-state index in [4.69, 9.17) is 9.47 Å². The van der Waals surface area contributed by atoms with Crippen LogP contribution in [0.25, 0.3) is 0 Å². The van der Waals surface area contributed by atoms with E-state index in [0.29, 0.717) is 0 Å². The van der Waals surface area contributed by atoms with Gasteiger partial charge < -0.3 is 9.47 Å². The minimum atomic E-state index is -1.32. The van der Waals surface area contributed by atoms with Crippen LogP contribution in [-0.2, 0) is 25.7 Å². The van der Waals surface area contributed by atoms with Gasteiger partial charge in [-0.1, -0.05) is 56.3 Å². The highest BCUT2D eigenvalue weighted by Crippen LogP contribution is 2.36. The first-order valence-corrected chi connectivity index (χ1v) is 10.8. The fraction of sp³-hybridized carbons (Fsp3) is 0.385. The minimum absolute atomic E-state index is 0.0259. The van der Waals surface area contributed by atoms with E-state index in [1.165, 1.54) is 0 Å². The lowest BCUT2D eigenvalue weighted by Crippen LogP contribution is -2.54. The zero-order valence-corrected chi connectivity index (χ0v) is 19.6. The van der Waals surface area contributed by atoms with Crippen LogP contribution in [0.3, 0.4) is 0 Å². The van der Waals surface area contributed by atoms with Crippen LogP contribution in [0.4, 0.5) is 0 Å². The van der Waals surface area contributed by atoms with Gasteiger partial charge in [-0.25, -0.2) is 4.79 Å². The molecule has 7 nitrogen and oxygen atoms in total. The molecule has 1 aliphatic rings. The quantitative estimate of drug-likeness (QED) is 0.464. The van der Waals surface area contributed by atoms with Gasteiger partial charge in [-0.15, -0.1) is 0 Å². The second-order valence-corrected chi connectivity index (χ2v) is 9.77. The number of esters is 2. The Bertz CT molecular complexity index is 1030. The van der Waals surface area contributed by atoms with Gasteiger partial charge in [0.05, 0.1) is 17.5 Å². The summed E-state index contributed by atoms with van der Waals surface area (Å²) >= 11 is 0. The van der Waals surface area contributed by atoms with E-state index < -0.39 is 40.8 Å². The van der Waals surface area contributed by atoms with Gasteiger partial charge in [0.15, 0.2) is 0 Å². The molecule has 0 aliphatic carbocycles. The van der Waals surface area contributed by atoms with Gasteiger partial charge in [0.2, 0.25) is 0 Å². The highest BCUT2D eigenvalue weighted by Gasteiger charge is 2.51. The van der Waals surface area contributed by atoms with E-state index in [0.717, 1.165) is 10.5 Å². The van der Waals surface area contributed by atoms with Gasteiger partial charge in [-0.05, 0) is 38.5 Å². The summed E-state index contributed by atoms with van der Waals surface area (Å²) in [4.78, 5) is 53.2. The van der Waals surface area contributed by atoms with Gasteiger partial charge in [-0.3, -0.25) is 19.3 Å². The molecule has 0 spiro atoms. The number of rotatable bonds is 7. The van der Waals surface area contributed by atoms with Crippen molar-refractivity contribution >= 4 is 23.8 Å². The van der Waals surface area contributed by atoms with Gasteiger partial charge in [0.25, 0.3) is 11.8 Å². The fourth-order valence-electron chi connectivity index (χ4n) is 3.87. The summed E-state index contributed by atoms with van der Waals surface area (Å²) in [5, 5.41) is 0. The Hall–Kier alpha value is -3.48. The van der Waals surface area contributed by atoms with Crippen molar-refractivity contribution in [1.82, 2.24) is 4.90 Å². The molecule has 1 aliphatic heterocycles. The first kappa shape index (κ1) is 24.2. The standard InChI is InChI=1S/C26H29NO6/c1-25(2,3)33-20(28)15-26(4,5)21(24(31)32-16-17-11-7-6-8-12-17)27-22(29)18-13-9-10-14-19(18)23(27)30/h6-14,21H,15-16H2,1-5H3. The van der Waals surface area contributed by atoms with Crippen molar-refractivity contribution in [3.63, 3.8) is 0 Å². The minimum Gasteiger partial charge on any atom is -0.460 e. The Morgan fingerprint density at radius 3 is 1.88 bits per heavy atom. The zero-order chi connectivity index (χ0) is 24.4. The van der Waals surface area contributed by atoms with Crippen LogP contribution in [0.1, 0.15) is 67.3 Å². The summed E-state index contributed by atoms with van der Waals surface area (Å²) in [5.41, 5.74) is -0.667. The smallest absolute Gasteiger partial charge is 0.330 e. The SMILES string of the molecule is CC(C)(C)OC(=O)CC(C)(C)C(C(=O)OCc1ccccc1)N1C(=O)c2ccccc2C1=O. The molecule has 0 saturated carbocycles. The average Bonchev–Trinajstić information content (AvgIpc) is 2.96. The molecule has 2 aromatic rings. The fourth-order valence-corrected chi connectivity index (χ4v) is 3.87. The normalized spacial score (nSPS) is 14.6. The van der Waals surface area contributed by atoms with Crippen LogP contribution < -0.4 is 0 Å². The van der Waals surface area contributed by atoms with Gasteiger partial charge in [0, 0.05) is 5.41 Å². The summed E-state index contributed by atoms with van der Waals surface area (Å²) in [6.45, 7) is 8.50. The van der Waals surface area contributed by atoms with Crippen LogP contribution >= 0.6 is 0 Å². The lowest BCUT2D eigenvalue weighted by atomic mass is 9.80. The third-order valence-electron chi connectivity index (χ3n) is 5.29. The molecule has 2 aromatic carbocycles. The average molecular weight is 452 g/mol. The van der Waals surface area contributed by atoms with Gasteiger partial charge >= 0.3 is 11.9 Å². The summed E-state index contributed by atoms with van der Waals surface area (Å²) < 4.78 is 11.0. The van der Waals surface area contributed by atoms with Crippen molar-refractivity contribution in [3.05, 3.63) is 71.3 Å². The maximum atomic E-state index is 13.3. The topological polar surface area (TPSA) is 90.0 Å². The number of hydrogen-bond donors (Lipinski definition) is 0. The summed E-state index contributed by atoms with van der Waals surface area (Å²) in [7, 11) is 0. The Balaban J connectivity index is 1.92. The van der Waals surface area contributed by atoms with E-state index in [2.05, 4.69) is 0 Å². The molecule has 3 rings (SSSR count). The number of hydrogen-bond acceptors (Lipinski definition) is 6. The van der Waals surface area contributed by atoms with E-state index in [9.17, 15) is 19.2 Å². The number of ether oxygens (including phenoxy) is 2. The van der Waals surface area contributed by atoms with Gasteiger partial charge in [0.1, 0.15) is 18.2 Å².